The van der Waals surface area contributed by atoms with Crippen LogP contribution in [0, 0.1) is 5.82 Å². The van der Waals surface area contributed by atoms with Crippen LogP contribution in [0.3, 0.4) is 0 Å². The number of rotatable bonds is 5. The second-order valence-corrected chi connectivity index (χ2v) is 6.54. The Hall–Kier alpha value is -2.50. The third kappa shape index (κ3) is 4.75. The van der Waals surface area contributed by atoms with Crippen LogP contribution in [0.15, 0.2) is 42.7 Å². The van der Waals surface area contributed by atoms with Crippen LogP contribution in [-0.2, 0) is 4.79 Å². The maximum absolute atomic E-state index is 13.3. The van der Waals surface area contributed by atoms with Crippen LogP contribution in [-0.4, -0.2) is 35.0 Å². The van der Waals surface area contributed by atoms with Crippen molar-refractivity contribution in [3.8, 4) is 0 Å². The van der Waals surface area contributed by atoms with E-state index in [0.717, 1.165) is 37.4 Å². The number of halogens is 1. The van der Waals surface area contributed by atoms with E-state index >= 15 is 0 Å². The van der Waals surface area contributed by atoms with Gasteiger partial charge in [0.1, 0.15) is 5.82 Å². The Bertz CT molecular complexity index is 702. The lowest BCUT2D eigenvalue weighted by atomic mass is 9.96. The van der Waals surface area contributed by atoms with E-state index in [0.29, 0.717) is 6.42 Å². The first kappa shape index (κ1) is 17.3. The highest BCUT2D eigenvalue weighted by Gasteiger charge is 2.22. The van der Waals surface area contributed by atoms with Crippen molar-refractivity contribution in [3.05, 3.63) is 54.1 Å². The molecule has 0 spiro atoms. The lowest BCUT2D eigenvalue weighted by Gasteiger charge is -2.32. The van der Waals surface area contributed by atoms with E-state index in [4.69, 9.17) is 0 Å². The summed E-state index contributed by atoms with van der Waals surface area (Å²) in [6.07, 6.45) is 5.59. The van der Waals surface area contributed by atoms with Crippen molar-refractivity contribution in [1.82, 2.24) is 15.3 Å². The SMILES string of the molecule is C[C@@H](CC(=O)NC1CCN(c2ncccn2)CC1)c1cccc(F)c1. The summed E-state index contributed by atoms with van der Waals surface area (Å²) < 4.78 is 13.3. The molecular formula is C19H23FN4O. The van der Waals surface area contributed by atoms with Crippen molar-refractivity contribution in [1.29, 1.82) is 0 Å². The van der Waals surface area contributed by atoms with Gasteiger partial charge in [0.15, 0.2) is 0 Å². The molecule has 2 heterocycles. The van der Waals surface area contributed by atoms with E-state index in [2.05, 4.69) is 20.2 Å². The molecular weight excluding hydrogens is 319 g/mol. The monoisotopic (exact) mass is 342 g/mol. The normalized spacial score (nSPS) is 16.5. The largest absolute Gasteiger partial charge is 0.353 e. The van der Waals surface area contributed by atoms with Gasteiger partial charge in [-0.2, -0.15) is 0 Å². The number of benzene rings is 1. The van der Waals surface area contributed by atoms with Crippen molar-refractivity contribution in [2.24, 2.45) is 0 Å². The van der Waals surface area contributed by atoms with Crippen molar-refractivity contribution in [2.45, 2.75) is 38.1 Å². The van der Waals surface area contributed by atoms with Crippen molar-refractivity contribution >= 4 is 11.9 Å². The first-order valence-electron chi connectivity index (χ1n) is 8.68. The Balaban J connectivity index is 1.46. The Morgan fingerprint density at radius 2 is 2.00 bits per heavy atom. The van der Waals surface area contributed by atoms with Crippen LogP contribution in [0.1, 0.15) is 37.7 Å². The molecule has 25 heavy (non-hydrogen) atoms. The zero-order valence-corrected chi connectivity index (χ0v) is 14.4. The number of nitrogens with one attached hydrogen (secondary N) is 1. The second kappa shape index (κ2) is 8.05. The Morgan fingerprint density at radius 1 is 1.28 bits per heavy atom. The summed E-state index contributed by atoms with van der Waals surface area (Å²) in [6, 6.07) is 8.43. The minimum atomic E-state index is -0.264. The molecule has 5 nitrogen and oxygen atoms in total. The fraction of sp³-hybridized carbons (Fsp3) is 0.421. The van der Waals surface area contributed by atoms with E-state index in [1.165, 1.54) is 12.1 Å². The molecule has 0 saturated carbocycles. The van der Waals surface area contributed by atoms with Gasteiger partial charge in [-0.3, -0.25) is 4.79 Å². The summed E-state index contributed by atoms with van der Waals surface area (Å²) in [6.45, 7) is 3.60. The number of hydrogen-bond acceptors (Lipinski definition) is 4. The van der Waals surface area contributed by atoms with Crippen molar-refractivity contribution in [3.63, 3.8) is 0 Å². The van der Waals surface area contributed by atoms with E-state index in [9.17, 15) is 9.18 Å². The van der Waals surface area contributed by atoms with E-state index in [1.807, 2.05) is 13.0 Å². The van der Waals surface area contributed by atoms with Crippen LogP contribution in [0.2, 0.25) is 0 Å². The summed E-state index contributed by atoms with van der Waals surface area (Å²) in [4.78, 5) is 23.0. The minimum Gasteiger partial charge on any atom is -0.353 e. The average Bonchev–Trinajstić information content (AvgIpc) is 2.63. The summed E-state index contributed by atoms with van der Waals surface area (Å²) >= 11 is 0. The zero-order valence-electron chi connectivity index (χ0n) is 14.4. The predicted molar refractivity (Wildman–Crippen MR) is 94.8 cm³/mol. The van der Waals surface area contributed by atoms with Gasteiger partial charge in [0.2, 0.25) is 11.9 Å². The van der Waals surface area contributed by atoms with E-state index in [-0.39, 0.29) is 23.7 Å². The number of anilines is 1. The lowest BCUT2D eigenvalue weighted by molar-refractivity contribution is -0.122. The molecule has 1 N–H and O–H groups in total. The molecule has 0 bridgehead atoms. The molecule has 1 aliphatic rings. The zero-order chi connectivity index (χ0) is 17.6. The van der Waals surface area contributed by atoms with Gasteiger partial charge in [-0.15, -0.1) is 0 Å². The van der Waals surface area contributed by atoms with Gasteiger partial charge in [-0.25, -0.2) is 14.4 Å². The highest BCUT2D eigenvalue weighted by atomic mass is 19.1. The van der Waals surface area contributed by atoms with E-state index in [1.54, 1.807) is 24.5 Å². The Morgan fingerprint density at radius 3 is 2.68 bits per heavy atom. The molecule has 3 rings (SSSR count). The number of amides is 1. The smallest absolute Gasteiger partial charge is 0.225 e. The van der Waals surface area contributed by atoms with Crippen LogP contribution >= 0.6 is 0 Å². The molecule has 6 heteroatoms. The van der Waals surface area contributed by atoms with Gasteiger partial charge in [0, 0.05) is 37.9 Å². The van der Waals surface area contributed by atoms with Gasteiger partial charge < -0.3 is 10.2 Å². The molecule has 1 aromatic heterocycles. The number of nitrogens with zero attached hydrogens (tertiary/aromatic N) is 3. The predicted octanol–water partition coefficient (Wildman–Crippen LogP) is 2.89. The molecule has 0 unspecified atom stereocenters. The molecule has 0 radical (unpaired) electrons. The maximum atomic E-state index is 13.3. The molecule has 1 atom stereocenters. The third-order valence-electron chi connectivity index (χ3n) is 4.60. The van der Waals surface area contributed by atoms with Crippen molar-refractivity contribution in [2.75, 3.05) is 18.0 Å². The molecule has 0 aliphatic carbocycles. The molecule has 2 aromatic rings. The number of hydrogen-bond donors (Lipinski definition) is 1. The van der Waals surface area contributed by atoms with Gasteiger partial charge in [0.05, 0.1) is 0 Å². The number of aromatic nitrogens is 2. The molecule has 1 aromatic carbocycles. The fourth-order valence-electron chi connectivity index (χ4n) is 3.17. The van der Waals surface area contributed by atoms with Gasteiger partial charge in [-0.1, -0.05) is 19.1 Å². The Labute approximate surface area is 147 Å². The quantitative estimate of drug-likeness (QED) is 0.908. The Kier molecular flexibility index (Phi) is 5.58. The van der Waals surface area contributed by atoms with Crippen LogP contribution < -0.4 is 10.2 Å². The second-order valence-electron chi connectivity index (χ2n) is 6.54. The van der Waals surface area contributed by atoms with Crippen molar-refractivity contribution < 1.29 is 9.18 Å². The molecule has 132 valence electrons. The summed E-state index contributed by atoms with van der Waals surface area (Å²) in [7, 11) is 0. The van der Waals surface area contributed by atoms with Gasteiger partial charge in [0.25, 0.3) is 0 Å². The standard InChI is InChI=1S/C19H23FN4O/c1-14(15-4-2-5-16(20)13-15)12-18(25)23-17-6-10-24(11-7-17)19-21-8-3-9-22-19/h2-5,8-9,13-14,17H,6-7,10-12H2,1H3,(H,23,25)/t14-/m0/s1. The number of carbonyl (C=O) groups excluding carboxylic acids is 1. The molecule has 1 fully saturated rings. The first-order chi connectivity index (χ1) is 12.1. The summed E-state index contributed by atoms with van der Waals surface area (Å²) in [5.74, 6) is 0.493. The number of piperidine rings is 1. The number of carbonyl (C=O) groups is 1. The molecule has 1 saturated heterocycles. The topological polar surface area (TPSA) is 58.1 Å². The highest BCUT2D eigenvalue weighted by molar-refractivity contribution is 5.77. The maximum Gasteiger partial charge on any atom is 0.225 e. The summed E-state index contributed by atoms with van der Waals surface area (Å²) in [5.41, 5.74) is 0.853. The summed E-state index contributed by atoms with van der Waals surface area (Å²) in [5, 5.41) is 3.11. The van der Waals surface area contributed by atoms with E-state index < -0.39 is 0 Å². The van der Waals surface area contributed by atoms with Crippen LogP contribution in [0.4, 0.5) is 10.3 Å². The van der Waals surface area contributed by atoms with Gasteiger partial charge in [-0.05, 0) is 42.5 Å². The van der Waals surface area contributed by atoms with Crippen LogP contribution in [0.25, 0.3) is 0 Å². The molecule has 1 aliphatic heterocycles. The van der Waals surface area contributed by atoms with Crippen LogP contribution in [0.5, 0.6) is 0 Å². The third-order valence-corrected chi connectivity index (χ3v) is 4.60. The molecule has 1 amide bonds. The highest BCUT2D eigenvalue weighted by Crippen LogP contribution is 2.20. The minimum absolute atomic E-state index is 0.00601. The average molecular weight is 342 g/mol. The van der Waals surface area contributed by atoms with Gasteiger partial charge >= 0.3 is 0 Å². The fourth-order valence-corrected chi connectivity index (χ4v) is 3.17. The first-order valence-corrected chi connectivity index (χ1v) is 8.68. The lowest BCUT2D eigenvalue weighted by Crippen LogP contribution is -2.45.